The topological polar surface area (TPSA) is 0 Å². The van der Waals surface area contributed by atoms with Crippen molar-refractivity contribution >= 4 is 0 Å². The van der Waals surface area contributed by atoms with E-state index in [1.165, 1.54) is 38.5 Å². The molecule has 0 bridgehead atoms. The van der Waals surface area contributed by atoms with Crippen molar-refractivity contribution in [2.45, 2.75) is 80.1 Å². The molecule has 0 heteroatoms. The number of unbranched alkanes of at least 4 members (excludes halogenated alkanes) is 2. The first-order valence-corrected chi connectivity index (χ1v) is 7.49. The van der Waals surface area contributed by atoms with Gasteiger partial charge in [-0.05, 0) is 23.7 Å². The average molecular weight is 226 g/mol. The fourth-order valence-corrected chi connectivity index (χ4v) is 2.39. The van der Waals surface area contributed by atoms with E-state index in [-0.39, 0.29) is 0 Å². The van der Waals surface area contributed by atoms with E-state index in [0.29, 0.717) is 0 Å². The molecule has 0 aliphatic heterocycles. The van der Waals surface area contributed by atoms with E-state index in [1.807, 2.05) is 0 Å². The Kier molecular flexibility index (Phi) is 9.07. The molecule has 0 aliphatic carbocycles. The summed E-state index contributed by atoms with van der Waals surface area (Å²) in [6, 6.07) is 0. The Morgan fingerprint density at radius 3 is 1.75 bits per heavy atom. The molecule has 0 radical (unpaired) electrons. The molecule has 0 aliphatic rings. The molecular weight excluding hydrogens is 192 g/mol. The quantitative estimate of drug-likeness (QED) is 0.429. The van der Waals surface area contributed by atoms with Crippen LogP contribution in [-0.4, -0.2) is 0 Å². The van der Waals surface area contributed by atoms with Gasteiger partial charge in [-0.25, -0.2) is 0 Å². The summed E-state index contributed by atoms with van der Waals surface area (Å²) >= 11 is 0. The zero-order chi connectivity index (χ0) is 12.6. The summed E-state index contributed by atoms with van der Waals surface area (Å²) in [5.41, 5.74) is 0. The zero-order valence-corrected chi connectivity index (χ0v) is 12.6. The van der Waals surface area contributed by atoms with Gasteiger partial charge in [-0.2, -0.15) is 0 Å². The van der Waals surface area contributed by atoms with Crippen LogP contribution in [0.3, 0.4) is 0 Å². The molecule has 0 heterocycles. The third kappa shape index (κ3) is 7.30. The van der Waals surface area contributed by atoms with E-state index in [1.54, 1.807) is 0 Å². The maximum absolute atomic E-state index is 2.44. The van der Waals surface area contributed by atoms with Crippen LogP contribution >= 0.6 is 0 Å². The zero-order valence-electron chi connectivity index (χ0n) is 12.6. The van der Waals surface area contributed by atoms with Crippen LogP contribution in [0.4, 0.5) is 0 Å². The number of rotatable bonds is 9. The molecule has 0 saturated heterocycles. The standard InChI is InChI=1S/C16H34/c1-7-14(4)16(6)15(5)12-10-8-9-11-13(2)3/h13-16H,7-12H2,1-6H3. The van der Waals surface area contributed by atoms with Crippen molar-refractivity contribution in [3.63, 3.8) is 0 Å². The molecule has 16 heavy (non-hydrogen) atoms. The van der Waals surface area contributed by atoms with E-state index >= 15 is 0 Å². The summed E-state index contributed by atoms with van der Waals surface area (Å²) in [5, 5.41) is 0. The van der Waals surface area contributed by atoms with Crippen LogP contribution in [-0.2, 0) is 0 Å². The molecule has 3 unspecified atom stereocenters. The van der Waals surface area contributed by atoms with Gasteiger partial charge in [0.25, 0.3) is 0 Å². The van der Waals surface area contributed by atoms with Crippen LogP contribution in [0.2, 0.25) is 0 Å². The highest BCUT2D eigenvalue weighted by Gasteiger charge is 2.16. The highest BCUT2D eigenvalue weighted by Crippen LogP contribution is 2.27. The Morgan fingerprint density at radius 1 is 0.688 bits per heavy atom. The van der Waals surface area contributed by atoms with Gasteiger partial charge in [0.15, 0.2) is 0 Å². The van der Waals surface area contributed by atoms with Crippen LogP contribution in [0, 0.1) is 23.7 Å². The van der Waals surface area contributed by atoms with E-state index in [0.717, 1.165) is 23.7 Å². The van der Waals surface area contributed by atoms with Gasteiger partial charge < -0.3 is 0 Å². The minimum absolute atomic E-state index is 0.886. The van der Waals surface area contributed by atoms with Gasteiger partial charge in [0.2, 0.25) is 0 Å². The van der Waals surface area contributed by atoms with E-state index in [9.17, 15) is 0 Å². The predicted molar refractivity (Wildman–Crippen MR) is 75.7 cm³/mol. The Balaban J connectivity index is 3.53. The van der Waals surface area contributed by atoms with Crippen molar-refractivity contribution in [3.05, 3.63) is 0 Å². The molecule has 0 aromatic heterocycles. The third-order valence-corrected chi connectivity index (χ3v) is 4.38. The molecule has 0 aromatic rings. The molecule has 0 amide bonds. The molecule has 0 rings (SSSR count). The summed E-state index contributed by atoms with van der Waals surface area (Å²) in [5.74, 6) is 3.59. The minimum Gasteiger partial charge on any atom is -0.0651 e. The van der Waals surface area contributed by atoms with Crippen molar-refractivity contribution in [1.29, 1.82) is 0 Å². The lowest BCUT2D eigenvalue weighted by Gasteiger charge is -2.25. The van der Waals surface area contributed by atoms with Gasteiger partial charge in [0, 0.05) is 0 Å². The van der Waals surface area contributed by atoms with E-state index in [4.69, 9.17) is 0 Å². The molecular formula is C16H34. The van der Waals surface area contributed by atoms with Gasteiger partial charge >= 0.3 is 0 Å². The maximum atomic E-state index is 2.44. The summed E-state index contributed by atoms with van der Waals surface area (Å²) in [4.78, 5) is 0. The first kappa shape index (κ1) is 16.0. The Morgan fingerprint density at radius 2 is 1.25 bits per heavy atom. The molecule has 0 spiro atoms. The van der Waals surface area contributed by atoms with Crippen LogP contribution in [0.25, 0.3) is 0 Å². The molecule has 3 atom stereocenters. The Bertz CT molecular complexity index is 148. The van der Waals surface area contributed by atoms with Crippen molar-refractivity contribution in [3.8, 4) is 0 Å². The average Bonchev–Trinajstić information content (AvgIpc) is 2.25. The Labute approximate surface area is 104 Å². The lowest BCUT2D eigenvalue weighted by Crippen LogP contribution is -2.16. The molecule has 0 N–H and O–H groups in total. The fraction of sp³-hybridized carbons (Fsp3) is 1.00. The summed E-state index contributed by atoms with van der Waals surface area (Å²) < 4.78 is 0. The van der Waals surface area contributed by atoms with Crippen LogP contribution in [0.5, 0.6) is 0 Å². The largest absolute Gasteiger partial charge is 0.0651 e. The molecule has 0 saturated carbocycles. The van der Waals surface area contributed by atoms with Crippen LogP contribution < -0.4 is 0 Å². The van der Waals surface area contributed by atoms with Gasteiger partial charge in [-0.1, -0.05) is 80.1 Å². The Hall–Kier alpha value is 0. The molecule has 0 fully saturated rings. The van der Waals surface area contributed by atoms with Gasteiger partial charge in [0.05, 0.1) is 0 Å². The van der Waals surface area contributed by atoms with Crippen LogP contribution in [0.1, 0.15) is 80.1 Å². The van der Waals surface area contributed by atoms with Crippen molar-refractivity contribution in [2.24, 2.45) is 23.7 Å². The van der Waals surface area contributed by atoms with Crippen molar-refractivity contribution in [2.75, 3.05) is 0 Å². The molecule has 0 nitrogen and oxygen atoms in total. The SMILES string of the molecule is CCC(C)C(C)C(C)CCCCCC(C)C. The molecule has 0 aromatic carbocycles. The monoisotopic (exact) mass is 226 g/mol. The smallest absolute Gasteiger partial charge is 0.0391 e. The first-order chi connectivity index (χ1) is 7.49. The summed E-state index contributed by atoms with van der Waals surface area (Å²) in [6.45, 7) is 14.3. The molecule has 98 valence electrons. The van der Waals surface area contributed by atoms with Crippen LogP contribution in [0.15, 0.2) is 0 Å². The predicted octanol–water partition coefficient (Wildman–Crippen LogP) is 5.91. The third-order valence-electron chi connectivity index (χ3n) is 4.38. The second-order valence-corrected chi connectivity index (χ2v) is 6.25. The number of hydrogen-bond acceptors (Lipinski definition) is 0. The maximum Gasteiger partial charge on any atom is -0.0391 e. The van der Waals surface area contributed by atoms with Gasteiger partial charge in [-0.15, -0.1) is 0 Å². The second kappa shape index (κ2) is 9.07. The number of hydrogen-bond donors (Lipinski definition) is 0. The van der Waals surface area contributed by atoms with Gasteiger partial charge in [-0.3, -0.25) is 0 Å². The summed E-state index contributed by atoms with van der Waals surface area (Å²) in [7, 11) is 0. The van der Waals surface area contributed by atoms with Gasteiger partial charge in [0.1, 0.15) is 0 Å². The summed E-state index contributed by atoms with van der Waals surface area (Å²) in [6.07, 6.45) is 8.49. The lowest BCUT2D eigenvalue weighted by atomic mass is 9.81. The van der Waals surface area contributed by atoms with Crippen molar-refractivity contribution in [1.82, 2.24) is 0 Å². The van der Waals surface area contributed by atoms with Crippen molar-refractivity contribution < 1.29 is 0 Å². The first-order valence-electron chi connectivity index (χ1n) is 7.49. The van der Waals surface area contributed by atoms with E-state index in [2.05, 4.69) is 41.5 Å². The normalized spacial score (nSPS) is 17.4. The minimum atomic E-state index is 0.886. The lowest BCUT2D eigenvalue weighted by molar-refractivity contribution is 0.254. The second-order valence-electron chi connectivity index (χ2n) is 6.25. The van der Waals surface area contributed by atoms with E-state index < -0.39 is 0 Å². The highest BCUT2D eigenvalue weighted by atomic mass is 14.2. The highest BCUT2D eigenvalue weighted by molar-refractivity contribution is 4.67. The fourth-order valence-electron chi connectivity index (χ4n) is 2.39.